The first-order chi connectivity index (χ1) is 18.3. The minimum Gasteiger partial charge on any atom is -0.459 e. The Morgan fingerprint density at radius 1 is 0.868 bits per heavy atom. The van der Waals surface area contributed by atoms with Crippen LogP contribution in [0.25, 0.3) is 6.08 Å². The quantitative estimate of drug-likeness (QED) is 0.157. The van der Waals surface area contributed by atoms with Crippen LogP contribution in [0.1, 0.15) is 43.0 Å². The first-order valence-electron chi connectivity index (χ1n) is 12.5. The molecule has 196 valence electrons. The summed E-state index contributed by atoms with van der Waals surface area (Å²) in [6, 6.07) is 23.4. The van der Waals surface area contributed by atoms with Crippen LogP contribution in [-0.4, -0.2) is 23.9 Å². The molecular formula is C32H33NO5. The molecule has 0 aliphatic rings. The van der Waals surface area contributed by atoms with E-state index in [4.69, 9.17) is 9.47 Å². The smallest absolute Gasteiger partial charge is 0.329 e. The van der Waals surface area contributed by atoms with E-state index in [-0.39, 0.29) is 6.61 Å². The zero-order valence-electron chi connectivity index (χ0n) is 22.0. The van der Waals surface area contributed by atoms with Crippen LogP contribution in [0.3, 0.4) is 0 Å². The molecule has 0 aromatic heterocycles. The van der Waals surface area contributed by atoms with Crippen LogP contribution in [0.5, 0.6) is 5.75 Å². The molecule has 0 bridgehead atoms. The van der Waals surface area contributed by atoms with Gasteiger partial charge >= 0.3 is 11.9 Å². The summed E-state index contributed by atoms with van der Waals surface area (Å²) in [5, 5.41) is 2.78. The molecule has 0 saturated heterocycles. The molecule has 0 radical (unpaired) electrons. The molecule has 3 aromatic rings. The second-order valence-electron chi connectivity index (χ2n) is 9.12. The van der Waals surface area contributed by atoms with Gasteiger partial charge in [-0.25, -0.2) is 4.79 Å². The summed E-state index contributed by atoms with van der Waals surface area (Å²) in [5.41, 5.74) is 4.51. The van der Waals surface area contributed by atoms with Gasteiger partial charge in [0.15, 0.2) is 0 Å². The lowest BCUT2D eigenvalue weighted by Crippen LogP contribution is -2.42. The molecule has 3 rings (SSSR count). The van der Waals surface area contributed by atoms with Crippen LogP contribution in [0.2, 0.25) is 0 Å². The molecule has 0 aliphatic carbocycles. The average Bonchev–Trinajstić information content (AvgIpc) is 2.90. The molecule has 0 heterocycles. The third-order valence-corrected chi connectivity index (χ3v) is 5.60. The first-order valence-corrected chi connectivity index (χ1v) is 12.5. The molecule has 0 unspecified atom stereocenters. The normalized spacial score (nSPS) is 11.4. The second-order valence-corrected chi connectivity index (χ2v) is 9.12. The Morgan fingerprint density at radius 2 is 1.53 bits per heavy atom. The van der Waals surface area contributed by atoms with Crippen molar-refractivity contribution in [1.82, 2.24) is 5.32 Å². The largest absolute Gasteiger partial charge is 0.459 e. The molecule has 6 nitrogen and oxygen atoms in total. The number of ether oxygens (including phenoxy) is 2. The third kappa shape index (κ3) is 9.54. The number of nitrogens with one attached hydrogen (secondary N) is 1. The SMILES string of the molecule is CC(=O)Oc1ccc(/C=C/C(=O)N[C@@H](Cc2ccccc2)C(=O)OCc2ccccc2)cc1CC=C(C)C. The van der Waals surface area contributed by atoms with E-state index >= 15 is 0 Å². The molecule has 0 saturated carbocycles. The van der Waals surface area contributed by atoms with Crippen molar-refractivity contribution in [2.24, 2.45) is 0 Å². The Morgan fingerprint density at radius 3 is 2.16 bits per heavy atom. The van der Waals surface area contributed by atoms with E-state index in [0.29, 0.717) is 18.6 Å². The van der Waals surface area contributed by atoms with Crippen molar-refractivity contribution in [3.63, 3.8) is 0 Å². The number of hydrogen-bond acceptors (Lipinski definition) is 5. The lowest BCUT2D eigenvalue weighted by Gasteiger charge is -2.17. The van der Waals surface area contributed by atoms with E-state index in [2.05, 4.69) is 5.32 Å². The van der Waals surface area contributed by atoms with Crippen LogP contribution < -0.4 is 10.1 Å². The van der Waals surface area contributed by atoms with Crippen LogP contribution in [0.15, 0.2) is 96.6 Å². The van der Waals surface area contributed by atoms with E-state index < -0.39 is 23.9 Å². The number of carbonyl (C=O) groups excluding carboxylic acids is 3. The summed E-state index contributed by atoms with van der Waals surface area (Å²) in [5.74, 6) is -0.831. The number of carbonyl (C=O) groups is 3. The monoisotopic (exact) mass is 511 g/mol. The molecule has 0 spiro atoms. The first kappa shape index (κ1) is 28.1. The maximum Gasteiger partial charge on any atom is 0.329 e. The Bertz CT molecular complexity index is 1290. The molecular weight excluding hydrogens is 478 g/mol. The van der Waals surface area contributed by atoms with Gasteiger partial charge in [0.05, 0.1) is 0 Å². The fraction of sp³-hybridized carbons (Fsp3) is 0.219. The highest BCUT2D eigenvalue weighted by Crippen LogP contribution is 2.23. The highest BCUT2D eigenvalue weighted by Gasteiger charge is 2.22. The van der Waals surface area contributed by atoms with Crippen LogP contribution >= 0.6 is 0 Å². The molecule has 1 N–H and O–H groups in total. The molecule has 1 amide bonds. The van der Waals surface area contributed by atoms with E-state index in [1.54, 1.807) is 18.2 Å². The van der Waals surface area contributed by atoms with Crippen molar-refractivity contribution in [1.29, 1.82) is 0 Å². The maximum absolute atomic E-state index is 12.9. The van der Waals surface area contributed by atoms with E-state index in [1.165, 1.54) is 13.0 Å². The van der Waals surface area contributed by atoms with Crippen molar-refractivity contribution in [3.05, 3.63) is 119 Å². The maximum atomic E-state index is 12.9. The Hall–Kier alpha value is -4.45. The number of allylic oxidation sites excluding steroid dienone is 2. The molecule has 6 heteroatoms. The highest BCUT2D eigenvalue weighted by molar-refractivity contribution is 5.94. The number of esters is 2. The molecule has 0 aliphatic heterocycles. The summed E-state index contributed by atoms with van der Waals surface area (Å²) in [7, 11) is 0. The van der Waals surface area contributed by atoms with Crippen molar-refractivity contribution in [3.8, 4) is 5.75 Å². The summed E-state index contributed by atoms with van der Waals surface area (Å²) in [6.07, 6.45) is 5.97. The van der Waals surface area contributed by atoms with Crippen molar-refractivity contribution in [2.45, 2.75) is 46.3 Å². The minimum absolute atomic E-state index is 0.125. The lowest BCUT2D eigenvalue weighted by atomic mass is 10.0. The van der Waals surface area contributed by atoms with Crippen LogP contribution in [0.4, 0.5) is 0 Å². The average molecular weight is 512 g/mol. The van der Waals surface area contributed by atoms with Crippen molar-refractivity contribution < 1.29 is 23.9 Å². The topological polar surface area (TPSA) is 81.7 Å². The van der Waals surface area contributed by atoms with Gasteiger partial charge in [-0.15, -0.1) is 0 Å². The summed E-state index contributed by atoms with van der Waals surface area (Å²) in [4.78, 5) is 37.2. The molecule has 3 aromatic carbocycles. The zero-order chi connectivity index (χ0) is 27.3. The molecule has 0 fully saturated rings. The van der Waals surface area contributed by atoms with Crippen LogP contribution in [0, 0.1) is 0 Å². The van der Waals surface area contributed by atoms with Gasteiger partial charge in [0.2, 0.25) is 5.91 Å². The van der Waals surface area contributed by atoms with Gasteiger partial charge in [-0.05, 0) is 60.7 Å². The van der Waals surface area contributed by atoms with Gasteiger partial charge in [0, 0.05) is 19.4 Å². The van der Waals surface area contributed by atoms with Gasteiger partial charge < -0.3 is 14.8 Å². The Balaban J connectivity index is 1.72. The van der Waals surface area contributed by atoms with Gasteiger partial charge in [-0.2, -0.15) is 0 Å². The van der Waals surface area contributed by atoms with Gasteiger partial charge in [-0.1, -0.05) is 78.4 Å². The third-order valence-electron chi connectivity index (χ3n) is 5.60. The van der Waals surface area contributed by atoms with Gasteiger partial charge in [0.1, 0.15) is 18.4 Å². The minimum atomic E-state index is -0.849. The van der Waals surface area contributed by atoms with Crippen molar-refractivity contribution in [2.75, 3.05) is 0 Å². The fourth-order valence-corrected chi connectivity index (χ4v) is 3.70. The van der Waals surface area contributed by atoms with E-state index in [0.717, 1.165) is 27.8 Å². The number of rotatable bonds is 11. The number of hydrogen-bond donors (Lipinski definition) is 1. The second kappa shape index (κ2) is 14.3. The van der Waals surface area contributed by atoms with Gasteiger partial charge in [0.25, 0.3) is 0 Å². The summed E-state index contributed by atoms with van der Waals surface area (Å²) >= 11 is 0. The van der Waals surface area contributed by atoms with Crippen LogP contribution in [-0.2, 0) is 38.6 Å². The molecule has 1 atom stereocenters. The van der Waals surface area contributed by atoms with Crippen molar-refractivity contribution >= 4 is 23.9 Å². The predicted octanol–water partition coefficient (Wildman–Crippen LogP) is 5.60. The standard InChI is InChI=1S/C32H33NO5/c1-23(2)14-17-28-20-26(15-18-30(28)38-24(3)34)16-19-31(35)33-29(21-25-10-6-4-7-11-25)32(36)37-22-27-12-8-5-9-13-27/h4-16,18-20,29H,17,21-22H2,1-3H3,(H,33,35)/b19-16+/t29-/m0/s1. The predicted molar refractivity (Wildman–Crippen MR) is 148 cm³/mol. The Kier molecular flexibility index (Phi) is 10.6. The summed E-state index contributed by atoms with van der Waals surface area (Å²) < 4.78 is 10.8. The molecule has 38 heavy (non-hydrogen) atoms. The Labute approximate surface area is 224 Å². The summed E-state index contributed by atoms with van der Waals surface area (Å²) in [6.45, 7) is 5.48. The highest BCUT2D eigenvalue weighted by atomic mass is 16.5. The lowest BCUT2D eigenvalue weighted by molar-refractivity contribution is -0.148. The van der Waals surface area contributed by atoms with Gasteiger partial charge in [-0.3, -0.25) is 9.59 Å². The van der Waals surface area contributed by atoms with E-state index in [9.17, 15) is 14.4 Å². The zero-order valence-corrected chi connectivity index (χ0v) is 22.0. The number of amides is 1. The number of benzene rings is 3. The van der Waals surface area contributed by atoms with E-state index in [1.807, 2.05) is 86.7 Å². The fourth-order valence-electron chi connectivity index (χ4n) is 3.70.